The van der Waals surface area contributed by atoms with Gasteiger partial charge >= 0.3 is 0 Å². The van der Waals surface area contributed by atoms with Gasteiger partial charge in [0.25, 0.3) is 9.05 Å². The summed E-state index contributed by atoms with van der Waals surface area (Å²) >= 11 is 0. The first-order valence-corrected chi connectivity index (χ1v) is 8.16. The summed E-state index contributed by atoms with van der Waals surface area (Å²) in [5.41, 5.74) is 0. The quantitative estimate of drug-likeness (QED) is 0.782. The second-order valence-electron chi connectivity index (χ2n) is 4.18. The number of hydrogen-bond donors (Lipinski definition) is 0. The van der Waals surface area contributed by atoms with Crippen molar-refractivity contribution in [3.8, 4) is 5.75 Å². The Balaban J connectivity index is 1.83. The summed E-state index contributed by atoms with van der Waals surface area (Å²) < 4.78 is 33.1. The molecule has 1 aliphatic rings. The van der Waals surface area contributed by atoms with E-state index in [1.54, 1.807) is 12.1 Å². The first-order chi connectivity index (χ1) is 8.55. The van der Waals surface area contributed by atoms with Crippen molar-refractivity contribution in [1.29, 1.82) is 0 Å². The highest BCUT2D eigenvalue weighted by atomic mass is 35.7. The zero-order valence-electron chi connectivity index (χ0n) is 9.84. The lowest BCUT2D eigenvalue weighted by molar-refractivity contribution is 0.0903. The molecule has 1 saturated heterocycles. The van der Waals surface area contributed by atoms with Crippen LogP contribution in [0, 0.1) is 0 Å². The molecule has 18 heavy (non-hydrogen) atoms. The Morgan fingerprint density at radius 1 is 1.33 bits per heavy atom. The Kier molecular flexibility index (Phi) is 4.48. The molecule has 1 aromatic carbocycles. The monoisotopic (exact) mass is 290 g/mol. The predicted molar refractivity (Wildman–Crippen MR) is 68.6 cm³/mol. The summed E-state index contributed by atoms with van der Waals surface area (Å²) in [6, 6.07) is 6.07. The van der Waals surface area contributed by atoms with Gasteiger partial charge in [0.1, 0.15) is 5.75 Å². The van der Waals surface area contributed by atoms with Crippen LogP contribution in [0.15, 0.2) is 29.2 Å². The molecule has 6 heteroatoms. The first kappa shape index (κ1) is 13.6. The van der Waals surface area contributed by atoms with Gasteiger partial charge in [-0.15, -0.1) is 0 Å². The van der Waals surface area contributed by atoms with Crippen molar-refractivity contribution in [2.75, 3.05) is 13.2 Å². The lowest BCUT2D eigenvalue weighted by atomic mass is 10.2. The maximum Gasteiger partial charge on any atom is 0.261 e. The number of rotatable bonds is 5. The van der Waals surface area contributed by atoms with Crippen LogP contribution in [0.1, 0.15) is 19.3 Å². The van der Waals surface area contributed by atoms with Crippen molar-refractivity contribution in [1.82, 2.24) is 0 Å². The fraction of sp³-hybridized carbons (Fsp3) is 0.500. The normalized spacial score (nSPS) is 19.9. The van der Waals surface area contributed by atoms with Gasteiger partial charge < -0.3 is 9.47 Å². The van der Waals surface area contributed by atoms with E-state index >= 15 is 0 Å². The van der Waals surface area contributed by atoms with Gasteiger partial charge in [0.05, 0.1) is 17.6 Å². The zero-order chi connectivity index (χ0) is 13.0. The van der Waals surface area contributed by atoms with E-state index in [9.17, 15) is 8.42 Å². The van der Waals surface area contributed by atoms with Crippen molar-refractivity contribution < 1.29 is 17.9 Å². The molecule has 2 rings (SSSR count). The average molecular weight is 291 g/mol. The first-order valence-electron chi connectivity index (χ1n) is 5.85. The Morgan fingerprint density at radius 2 is 2.06 bits per heavy atom. The molecule has 100 valence electrons. The lowest BCUT2D eigenvalue weighted by Crippen LogP contribution is -2.10. The van der Waals surface area contributed by atoms with Crippen LogP contribution >= 0.6 is 10.7 Å². The minimum Gasteiger partial charge on any atom is -0.493 e. The SMILES string of the molecule is O=S(=O)(Cl)c1ccc(OCCC2CCCO2)cc1. The van der Waals surface area contributed by atoms with Crippen LogP contribution in [-0.2, 0) is 13.8 Å². The lowest BCUT2D eigenvalue weighted by Gasteiger charge is -2.10. The number of halogens is 1. The molecule has 0 aromatic heterocycles. The van der Waals surface area contributed by atoms with E-state index in [0.717, 1.165) is 25.9 Å². The van der Waals surface area contributed by atoms with Crippen LogP contribution < -0.4 is 4.74 Å². The molecule has 1 aliphatic heterocycles. The molecule has 0 saturated carbocycles. The summed E-state index contributed by atoms with van der Waals surface area (Å²) in [5, 5.41) is 0. The molecule has 0 bridgehead atoms. The second kappa shape index (κ2) is 5.91. The van der Waals surface area contributed by atoms with Crippen LogP contribution in [0.25, 0.3) is 0 Å². The van der Waals surface area contributed by atoms with E-state index in [4.69, 9.17) is 20.2 Å². The van der Waals surface area contributed by atoms with Gasteiger partial charge in [0, 0.05) is 23.7 Å². The minimum absolute atomic E-state index is 0.0793. The van der Waals surface area contributed by atoms with Gasteiger partial charge in [-0.25, -0.2) is 8.42 Å². The predicted octanol–water partition coefficient (Wildman–Crippen LogP) is 2.56. The highest BCUT2D eigenvalue weighted by Gasteiger charge is 2.15. The minimum atomic E-state index is -3.66. The van der Waals surface area contributed by atoms with Gasteiger partial charge in [-0.2, -0.15) is 0 Å². The van der Waals surface area contributed by atoms with E-state index in [1.807, 2.05) is 0 Å². The fourth-order valence-corrected chi connectivity index (χ4v) is 2.65. The molecule has 4 nitrogen and oxygen atoms in total. The van der Waals surface area contributed by atoms with Gasteiger partial charge in [0.2, 0.25) is 0 Å². The summed E-state index contributed by atoms with van der Waals surface area (Å²) in [4.78, 5) is 0.0793. The average Bonchev–Trinajstić information content (AvgIpc) is 2.82. The van der Waals surface area contributed by atoms with E-state index in [-0.39, 0.29) is 4.90 Å². The zero-order valence-corrected chi connectivity index (χ0v) is 11.4. The van der Waals surface area contributed by atoms with Crippen LogP contribution in [0.2, 0.25) is 0 Å². The largest absolute Gasteiger partial charge is 0.493 e. The molecule has 0 amide bonds. The molecule has 0 spiro atoms. The highest BCUT2D eigenvalue weighted by molar-refractivity contribution is 8.13. The Bertz CT molecular complexity index is 477. The van der Waals surface area contributed by atoms with Crippen LogP contribution in [0.4, 0.5) is 0 Å². The number of benzene rings is 1. The van der Waals surface area contributed by atoms with Crippen molar-refractivity contribution in [2.45, 2.75) is 30.3 Å². The van der Waals surface area contributed by atoms with Crippen LogP contribution in [-0.4, -0.2) is 27.7 Å². The maximum absolute atomic E-state index is 11.0. The third kappa shape index (κ3) is 3.86. The van der Waals surface area contributed by atoms with Crippen LogP contribution in [0.3, 0.4) is 0 Å². The molecule has 0 aliphatic carbocycles. The van der Waals surface area contributed by atoms with Crippen molar-refractivity contribution in [3.05, 3.63) is 24.3 Å². The third-order valence-electron chi connectivity index (χ3n) is 2.84. The van der Waals surface area contributed by atoms with Gasteiger partial charge in [0.15, 0.2) is 0 Å². The van der Waals surface area contributed by atoms with Crippen LogP contribution in [0.5, 0.6) is 5.75 Å². The van der Waals surface area contributed by atoms with Crippen molar-refractivity contribution in [3.63, 3.8) is 0 Å². The summed E-state index contributed by atoms with van der Waals surface area (Å²) in [6.07, 6.45) is 3.36. The molecule has 1 aromatic rings. The number of ether oxygens (including phenoxy) is 2. The Labute approximate surface area is 111 Å². The van der Waals surface area contributed by atoms with Gasteiger partial charge in [-0.05, 0) is 37.1 Å². The Morgan fingerprint density at radius 3 is 2.61 bits per heavy atom. The topological polar surface area (TPSA) is 52.6 Å². The molecule has 1 atom stereocenters. The van der Waals surface area contributed by atoms with E-state index in [2.05, 4.69) is 0 Å². The fourth-order valence-electron chi connectivity index (χ4n) is 1.88. The van der Waals surface area contributed by atoms with Gasteiger partial charge in [-0.3, -0.25) is 0 Å². The van der Waals surface area contributed by atoms with E-state index in [0.29, 0.717) is 18.5 Å². The standard InChI is InChI=1S/C12H15ClO4S/c13-18(14,15)12-5-3-11(4-6-12)17-9-7-10-2-1-8-16-10/h3-6,10H,1-2,7-9H2. The van der Waals surface area contributed by atoms with Crippen molar-refractivity contribution in [2.24, 2.45) is 0 Å². The molecule has 0 radical (unpaired) electrons. The highest BCUT2D eigenvalue weighted by Crippen LogP contribution is 2.20. The summed E-state index contributed by atoms with van der Waals surface area (Å²) in [5.74, 6) is 0.636. The van der Waals surface area contributed by atoms with Gasteiger partial charge in [-0.1, -0.05) is 0 Å². The Hall–Kier alpha value is -0.780. The van der Waals surface area contributed by atoms with Crippen molar-refractivity contribution >= 4 is 19.7 Å². The molecule has 0 N–H and O–H groups in total. The molecule has 1 heterocycles. The second-order valence-corrected chi connectivity index (χ2v) is 6.75. The molecular weight excluding hydrogens is 276 g/mol. The molecule has 1 unspecified atom stereocenters. The van der Waals surface area contributed by atoms with E-state index in [1.165, 1.54) is 12.1 Å². The summed E-state index contributed by atoms with van der Waals surface area (Å²) in [7, 11) is 1.56. The smallest absolute Gasteiger partial charge is 0.261 e. The van der Waals surface area contributed by atoms with E-state index < -0.39 is 9.05 Å². The maximum atomic E-state index is 11.0. The number of hydrogen-bond acceptors (Lipinski definition) is 4. The molecule has 1 fully saturated rings. The third-order valence-corrected chi connectivity index (χ3v) is 4.21. The molecular formula is C12H15ClO4S. The summed E-state index contributed by atoms with van der Waals surface area (Å²) in [6.45, 7) is 1.41.